The second-order valence-corrected chi connectivity index (χ2v) is 4.59. The molecular weight excluding hydrogens is 232 g/mol. The van der Waals surface area contributed by atoms with Crippen molar-refractivity contribution < 1.29 is 5.11 Å². The molecule has 2 aromatic rings. The molecule has 0 radical (unpaired) electrons. The summed E-state index contributed by atoms with van der Waals surface area (Å²) in [5, 5.41) is 11.1. The highest BCUT2D eigenvalue weighted by Gasteiger charge is 2.34. The van der Waals surface area contributed by atoms with Crippen molar-refractivity contribution in [2.75, 3.05) is 0 Å². The highest BCUT2D eigenvalue weighted by Crippen LogP contribution is 2.37. The van der Waals surface area contributed by atoms with E-state index in [9.17, 15) is 5.11 Å². The summed E-state index contributed by atoms with van der Waals surface area (Å²) < 4.78 is 0. The quantitative estimate of drug-likeness (QED) is 0.706. The molecule has 1 aliphatic rings. The van der Waals surface area contributed by atoms with Gasteiger partial charge in [-0.25, -0.2) is 0 Å². The van der Waals surface area contributed by atoms with Gasteiger partial charge in [-0.05, 0) is 18.1 Å². The van der Waals surface area contributed by atoms with Crippen molar-refractivity contribution in [3.63, 3.8) is 0 Å². The van der Waals surface area contributed by atoms with Crippen LogP contribution in [-0.4, -0.2) is 5.11 Å². The van der Waals surface area contributed by atoms with Crippen LogP contribution in [0.5, 0.6) is 0 Å². The summed E-state index contributed by atoms with van der Waals surface area (Å²) in [6, 6.07) is 15.7. The first-order valence-electron chi connectivity index (χ1n) is 6.29. The molecule has 0 atom stereocenters. The van der Waals surface area contributed by atoms with Crippen molar-refractivity contribution >= 4 is 12.2 Å². The molecule has 0 spiro atoms. The molecule has 0 saturated carbocycles. The van der Waals surface area contributed by atoms with E-state index >= 15 is 0 Å². The van der Waals surface area contributed by atoms with Gasteiger partial charge in [0.25, 0.3) is 0 Å². The molecule has 0 bridgehead atoms. The number of hydrogen-bond donors (Lipinski definition) is 1. The van der Waals surface area contributed by atoms with E-state index in [4.69, 9.17) is 0 Å². The van der Waals surface area contributed by atoms with E-state index in [1.54, 1.807) is 6.92 Å². The first kappa shape index (κ1) is 11.8. The fraction of sp³-hybridized carbons (Fsp3) is 0.111. The summed E-state index contributed by atoms with van der Waals surface area (Å²) in [5.74, 6) is 5.84. The minimum absolute atomic E-state index is 0.838. The lowest BCUT2D eigenvalue weighted by Crippen LogP contribution is -2.26. The Hall–Kier alpha value is -2.30. The van der Waals surface area contributed by atoms with E-state index in [0.717, 1.165) is 22.3 Å². The lowest BCUT2D eigenvalue weighted by molar-refractivity contribution is 0.145. The molecule has 1 N–H and O–H groups in total. The monoisotopic (exact) mass is 246 g/mol. The van der Waals surface area contributed by atoms with Gasteiger partial charge in [-0.2, -0.15) is 0 Å². The van der Waals surface area contributed by atoms with E-state index in [0.29, 0.717) is 0 Å². The molecule has 1 nitrogen and oxygen atoms in total. The van der Waals surface area contributed by atoms with Gasteiger partial charge in [0.1, 0.15) is 0 Å². The van der Waals surface area contributed by atoms with E-state index in [2.05, 4.69) is 11.8 Å². The molecule has 3 rings (SSSR count). The van der Waals surface area contributed by atoms with E-state index in [-0.39, 0.29) is 0 Å². The third-order valence-electron chi connectivity index (χ3n) is 3.45. The topological polar surface area (TPSA) is 20.2 Å². The lowest BCUT2D eigenvalue weighted by Gasteiger charge is -2.25. The first-order valence-corrected chi connectivity index (χ1v) is 6.29. The van der Waals surface area contributed by atoms with Crippen molar-refractivity contribution in [3.8, 4) is 11.8 Å². The van der Waals surface area contributed by atoms with Gasteiger partial charge in [0.05, 0.1) is 0 Å². The first-order chi connectivity index (χ1) is 9.25. The minimum Gasteiger partial charge on any atom is -0.369 e. The Morgan fingerprint density at radius 2 is 1.32 bits per heavy atom. The molecule has 0 aliphatic heterocycles. The highest BCUT2D eigenvalue weighted by atomic mass is 16.3. The van der Waals surface area contributed by atoms with Crippen LogP contribution in [0.2, 0.25) is 0 Å². The molecule has 0 saturated heterocycles. The van der Waals surface area contributed by atoms with Crippen LogP contribution in [0.1, 0.15) is 29.2 Å². The predicted molar refractivity (Wildman–Crippen MR) is 78.3 cm³/mol. The van der Waals surface area contributed by atoms with Crippen LogP contribution in [0.4, 0.5) is 0 Å². The van der Waals surface area contributed by atoms with Crippen molar-refractivity contribution in [1.82, 2.24) is 0 Å². The van der Waals surface area contributed by atoms with Crippen LogP contribution in [0, 0.1) is 11.8 Å². The van der Waals surface area contributed by atoms with E-state index in [1.165, 1.54) is 0 Å². The van der Waals surface area contributed by atoms with Crippen molar-refractivity contribution in [2.45, 2.75) is 12.5 Å². The van der Waals surface area contributed by atoms with Gasteiger partial charge in [0.15, 0.2) is 5.60 Å². The Kier molecular flexibility index (Phi) is 2.74. The third-order valence-corrected chi connectivity index (χ3v) is 3.45. The molecule has 1 heteroatoms. The van der Waals surface area contributed by atoms with Gasteiger partial charge in [-0.1, -0.05) is 66.6 Å². The van der Waals surface area contributed by atoms with Gasteiger partial charge in [-0.15, -0.1) is 5.92 Å². The number of benzene rings is 2. The van der Waals surface area contributed by atoms with Crippen LogP contribution in [0.3, 0.4) is 0 Å². The van der Waals surface area contributed by atoms with E-state index in [1.807, 2.05) is 60.7 Å². The molecule has 0 fully saturated rings. The van der Waals surface area contributed by atoms with Crippen molar-refractivity contribution in [2.24, 2.45) is 0 Å². The molecular formula is C18H14O. The van der Waals surface area contributed by atoms with Crippen LogP contribution >= 0.6 is 0 Å². The minimum atomic E-state index is -1.24. The van der Waals surface area contributed by atoms with Crippen molar-refractivity contribution in [3.05, 3.63) is 70.8 Å². The number of fused-ring (bicyclic) bond motifs is 2. The summed E-state index contributed by atoms with van der Waals surface area (Å²) in [4.78, 5) is 0. The average molecular weight is 246 g/mol. The lowest BCUT2D eigenvalue weighted by atomic mass is 9.83. The van der Waals surface area contributed by atoms with Crippen molar-refractivity contribution in [1.29, 1.82) is 0 Å². The second kappa shape index (κ2) is 4.42. The van der Waals surface area contributed by atoms with Gasteiger partial charge in [-0.3, -0.25) is 0 Å². The average Bonchev–Trinajstić information content (AvgIpc) is 2.57. The number of aliphatic hydroxyl groups is 1. The molecule has 19 heavy (non-hydrogen) atoms. The van der Waals surface area contributed by atoms with Gasteiger partial charge in [0.2, 0.25) is 0 Å². The molecule has 92 valence electrons. The Bertz CT molecular complexity index is 664. The molecule has 0 unspecified atom stereocenters. The van der Waals surface area contributed by atoms with E-state index < -0.39 is 5.60 Å². The van der Waals surface area contributed by atoms with Crippen LogP contribution < -0.4 is 0 Å². The normalized spacial score (nSPS) is 14.6. The zero-order valence-corrected chi connectivity index (χ0v) is 10.7. The summed E-state index contributed by atoms with van der Waals surface area (Å²) in [5.41, 5.74) is 2.44. The molecule has 0 heterocycles. The van der Waals surface area contributed by atoms with Gasteiger partial charge >= 0.3 is 0 Å². The predicted octanol–water partition coefficient (Wildman–Crippen LogP) is 3.43. The Morgan fingerprint density at radius 3 is 1.79 bits per heavy atom. The zero-order chi connectivity index (χ0) is 13.3. The third kappa shape index (κ3) is 1.78. The standard InChI is InChI=1S/C18H14O/c1-2-13-18(19)16-9-5-3-7-14(16)11-12-15-8-4-6-10-17(15)18/h3-12,19H,1H3. The second-order valence-electron chi connectivity index (χ2n) is 4.59. The maximum absolute atomic E-state index is 11.1. The maximum atomic E-state index is 11.1. The Labute approximate surface area is 113 Å². The highest BCUT2D eigenvalue weighted by molar-refractivity contribution is 5.78. The fourth-order valence-electron chi connectivity index (χ4n) is 2.58. The van der Waals surface area contributed by atoms with Crippen LogP contribution in [0.15, 0.2) is 48.5 Å². The summed E-state index contributed by atoms with van der Waals surface area (Å²) >= 11 is 0. The largest absolute Gasteiger partial charge is 0.369 e. The number of rotatable bonds is 0. The zero-order valence-electron chi connectivity index (χ0n) is 10.7. The van der Waals surface area contributed by atoms with Crippen LogP contribution in [0.25, 0.3) is 12.2 Å². The van der Waals surface area contributed by atoms with Gasteiger partial charge < -0.3 is 5.11 Å². The summed E-state index contributed by atoms with van der Waals surface area (Å²) in [6.07, 6.45) is 4.06. The smallest absolute Gasteiger partial charge is 0.178 e. The Balaban J connectivity index is 2.39. The number of hydrogen-bond acceptors (Lipinski definition) is 1. The summed E-state index contributed by atoms with van der Waals surface area (Å²) in [6.45, 7) is 1.75. The molecule has 0 amide bonds. The molecule has 0 aromatic heterocycles. The SMILES string of the molecule is CC#CC1(O)c2ccccc2C=Cc2ccccc21. The fourth-order valence-corrected chi connectivity index (χ4v) is 2.58. The Morgan fingerprint density at radius 1 is 0.842 bits per heavy atom. The van der Waals surface area contributed by atoms with Crippen LogP contribution in [-0.2, 0) is 5.60 Å². The summed E-state index contributed by atoms with van der Waals surface area (Å²) in [7, 11) is 0. The van der Waals surface area contributed by atoms with Gasteiger partial charge in [0, 0.05) is 11.1 Å². The molecule has 2 aromatic carbocycles. The maximum Gasteiger partial charge on any atom is 0.178 e. The molecule has 1 aliphatic carbocycles.